The molecule has 1 heterocycles. The molecule has 1 amide bonds. The minimum atomic E-state index is -0.206. The predicted octanol–water partition coefficient (Wildman–Crippen LogP) is 3.31. The number of hydrogen-bond acceptors (Lipinski definition) is 6. The predicted molar refractivity (Wildman–Crippen MR) is 129 cm³/mol. The Morgan fingerprint density at radius 3 is 2.50 bits per heavy atom. The molecule has 0 bridgehead atoms. The molecule has 4 rings (SSSR count). The van der Waals surface area contributed by atoms with E-state index < -0.39 is 0 Å². The lowest BCUT2D eigenvalue weighted by atomic mass is 10.0. The maximum absolute atomic E-state index is 12.5. The Morgan fingerprint density at radius 1 is 1.00 bits per heavy atom. The van der Waals surface area contributed by atoms with Crippen molar-refractivity contribution in [1.29, 1.82) is 0 Å². The van der Waals surface area contributed by atoms with Crippen molar-refractivity contribution in [3.8, 4) is 11.4 Å². The minimum absolute atomic E-state index is 0.0826. The molecule has 0 aliphatic carbocycles. The van der Waals surface area contributed by atoms with E-state index >= 15 is 0 Å². The second kappa shape index (κ2) is 10.1. The van der Waals surface area contributed by atoms with Gasteiger partial charge in [0.15, 0.2) is 5.78 Å². The number of hydrogen-bond donors (Lipinski definition) is 3. The number of fused-ring (bicyclic) bond motifs is 1. The molecule has 0 aliphatic rings. The number of nitrogens with one attached hydrogen (secondary N) is 1. The van der Waals surface area contributed by atoms with E-state index in [1.807, 2.05) is 13.0 Å². The van der Waals surface area contributed by atoms with Gasteiger partial charge in [0.05, 0.1) is 0 Å². The van der Waals surface area contributed by atoms with Crippen molar-refractivity contribution in [2.45, 2.75) is 13.3 Å². The highest BCUT2D eigenvalue weighted by Gasteiger charge is 2.15. The maximum Gasteiger partial charge on any atom is 0.251 e. The zero-order valence-electron chi connectivity index (χ0n) is 18.6. The van der Waals surface area contributed by atoms with E-state index in [0.29, 0.717) is 46.4 Å². The largest absolute Gasteiger partial charge is 0.505 e. The molecule has 4 aromatic rings. The van der Waals surface area contributed by atoms with Gasteiger partial charge in [-0.05, 0) is 61.4 Å². The SMILES string of the molecule is CCNC(=O)c1ccc2nn(-c3cc(CCO)cc(C=CC(=O)c4ccccc4)c3O)nc2c1. The summed E-state index contributed by atoms with van der Waals surface area (Å²) >= 11 is 0. The highest BCUT2D eigenvalue weighted by molar-refractivity contribution is 6.07. The molecule has 3 aromatic carbocycles. The normalized spacial score (nSPS) is 11.2. The summed E-state index contributed by atoms with van der Waals surface area (Å²) in [5.41, 5.74) is 3.48. The van der Waals surface area contributed by atoms with Crippen LogP contribution in [-0.4, -0.2) is 50.0 Å². The summed E-state index contributed by atoms with van der Waals surface area (Å²) in [4.78, 5) is 25.9. The molecule has 34 heavy (non-hydrogen) atoms. The van der Waals surface area contributed by atoms with Crippen LogP contribution in [-0.2, 0) is 6.42 Å². The number of carbonyl (C=O) groups is 2. The summed E-state index contributed by atoms with van der Waals surface area (Å²) in [5, 5.41) is 32.0. The molecule has 0 aliphatic heterocycles. The van der Waals surface area contributed by atoms with Crippen molar-refractivity contribution in [2.75, 3.05) is 13.2 Å². The average molecular weight is 457 g/mol. The van der Waals surface area contributed by atoms with Crippen molar-refractivity contribution < 1.29 is 19.8 Å². The first kappa shape index (κ1) is 22.9. The molecule has 0 fully saturated rings. The fraction of sp³-hybridized carbons (Fsp3) is 0.154. The van der Waals surface area contributed by atoms with Gasteiger partial charge in [-0.15, -0.1) is 15.0 Å². The fourth-order valence-corrected chi connectivity index (χ4v) is 3.54. The van der Waals surface area contributed by atoms with E-state index in [9.17, 15) is 19.8 Å². The van der Waals surface area contributed by atoms with Gasteiger partial charge in [0.2, 0.25) is 0 Å². The van der Waals surface area contributed by atoms with Crippen LogP contribution in [0.25, 0.3) is 22.8 Å². The molecule has 3 N–H and O–H groups in total. The summed E-state index contributed by atoms with van der Waals surface area (Å²) in [6.07, 6.45) is 3.27. The third-order valence-corrected chi connectivity index (χ3v) is 5.25. The Morgan fingerprint density at radius 2 is 1.76 bits per heavy atom. The molecule has 0 radical (unpaired) electrons. The van der Waals surface area contributed by atoms with Gasteiger partial charge in [-0.3, -0.25) is 9.59 Å². The van der Waals surface area contributed by atoms with Gasteiger partial charge in [0, 0.05) is 29.8 Å². The van der Waals surface area contributed by atoms with Crippen LogP contribution in [0.4, 0.5) is 0 Å². The molecular weight excluding hydrogens is 432 g/mol. The molecule has 0 unspecified atom stereocenters. The lowest BCUT2D eigenvalue weighted by molar-refractivity contribution is 0.0955. The van der Waals surface area contributed by atoms with Gasteiger partial charge in [-0.1, -0.05) is 30.3 Å². The van der Waals surface area contributed by atoms with Crippen LogP contribution in [0.2, 0.25) is 0 Å². The first-order valence-corrected chi connectivity index (χ1v) is 10.9. The van der Waals surface area contributed by atoms with Crippen LogP contribution in [0, 0.1) is 0 Å². The average Bonchev–Trinajstić information content (AvgIpc) is 3.28. The van der Waals surface area contributed by atoms with Gasteiger partial charge >= 0.3 is 0 Å². The van der Waals surface area contributed by atoms with E-state index in [2.05, 4.69) is 15.5 Å². The summed E-state index contributed by atoms with van der Waals surface area (Å²) in [5.74, 6) is -0.514. The van der Waals surface area contributed by atoms with E-state index in [1.54, 1.807) is 54.6 Å². The van der Waals surface area contributed by atoms with E-state index in [0.717, 1.165) is 5.56 Å². The first-order valence-electron chi connectivity index (χ1n) is 10.9. The summed E-state index contributed by atoms with van der Waals surface area (Å²) < 4.78 is 0. The van der Waals surface area contributed by atoms with Crippen LogP contribution in [0.1, 0.15) is 38.8 Å². The van der Waals surface area contributed by atoms with Crippen molar-refractivity contribution in [1.82, 2.24) is 20.3 Å². The molecule has 0 atom stereocenters. The number of amides is 1. The van der Waals surface area contributed by atoms with Crippen LogP contribution >= 0.6 is 0 Å². The van der Waals surface area contributed by atoms with Crippen LogP contribution < -0.4 is 5.32 Å². The highest BCUT2D eigenvalue weighted by Crippen LogP contribution is 2.30. The molecule has 8 nitrogen and oxygen atoms in total. The van der Waals surface area contributed by atoms with Crippen molar-refractivity contribution in [3.05, 3.63) is 89.0 Å². The number of allylic oxidation sites excluding steroid dienone is 1. The third kappa shape index (κ3) is 4.87. The van der Waals surface area contributed by atoms with Crippen LogP contribution in [0.3, 0.4) is 0 Å². The zero-order chi connectivity index (χ0) is 24.1. The number of aliphatic hydroxyl groups is 1. The highest BCUT2D eigenvalue weighted by atomic mass is 16.3. The Balaban J connectivity index is 1.73. The Bertz CT molecular complexity index is 1380. The summed E-state index contributed by atoms with van der Waals surface area (Å²) in [6.45, 7) is 2.27. The van der Waals surface area contributed by atoms with Gasteiger partial charge in [-0.2, -0.15) is 0 Å². The van der Waals surface area contributed by atoms with Crippen molar-refractivity contribution in [2.24, 2.45) is 0 Å². The Hall–Kier alpha value is -4.30. The first-order chi connectivity index (χ1) is 16.5. The Labute approximate surface area is 196 Å². The molecule has 8 heteroatoms. The topological polar surface area (TPSA) is 117 Å². The Kier molecular flexibility index (Phi) is 6.79. The second-order valence-electron chi connectivity index (χ2n) is 7.64. The molecule has 172 valence electrons. The number of phenolic OH excluding ortho intramolecular Hbond substituents is 1. The summed E-state index contributed by atoms with van der Waals surface area (Å²) in [7, 11) is 0. The van der Waals surface area contributed by atoms with Gasteiger partial charge in [-0.25, -0.2) is 0 Å². The monoisotopic (exact) mass is 456 g/mol. The summed E-state index contributed by atoms with van der Waals surface area (Å²) in [6, 6.07) is 17.2. The number of carbonyl (C=O) groups excluding carboxylic acids is 2. The molecule has 0 saturated heterocycles. The fourth-order valence-electron chi connectivity index (χ4n) is 3.54. The molecular formula is C26H24N4O4. The number of nitrogens with zero attached hydrogens (tertiary/aromatic N) is 3. The zero-order valence-corrected chi connectivity index (χ0v) is 18.6. The number of rotatable bonds is 8. The lowest BCUT2D eigenvalue weighted by Gasteiger charge is -2.10. The maximum atomic E-state index is 12.5. The lowest BCUT2D eigenvalue weighted by Crippen LogP contribution is -2.22. The minimum Gasteiger partial charge on any atom is -0.505 e. The quantitative estimate of drug-likeness (QED) is 0.277. The van der Waals surface area contributed by atoms with E-state index in [-0.39, 0.29) is 24.0 Å². The smallest absolute Gasteiger partial charge is 0.251 e. The third-order valence-electron chi connectivity index (χ3n) is 5.25. The van der Waals surface area contributed by atoms with Gasteiger partial charge in [0.1, 0.15) is 22.5 Å². The number of phenols is 1. The number of ketones is 1. The van der Waals surface area contributed by atoms with Crippen LogP contribution in [0.5, 0.6) is 5.75 Å². The van der Waals surface area contributed by atoms with Crippen molar-refractivity contribution in [3.63, 3.8) is 0 Å². The molecule has 0 spiro atoms. The van der Waals surface area contributed by atoms with E-state index in [1.165, 1.54) is 16.9 Å². The van der Waals surface area contributed by atoms with Gasteiger partial charge < -0.3 is 15.5 Å². The van der Waals surface area contributed by atoms with Gasteiger partial charge in [0.25, 0.3) is 5.91 Å². The molecule has 0 saturated carbocycles. The number of aliphatic hydroxyl groups excluding tert-OH is 1. The van der Waals surface area contributed by atoms with Crippen molar-refractivity contribution >= 4 is 28.8 Å². The number of aromatic hydroxyl groups is 1. The number of benzene rings is 3. The van der Waals surface area contributed by atoms with Crippen LogP contribution in [0.15, 0.2) is 66.7 Å². The standard InChI is InChI=1S/C26H24N4O4/c1-2-27-26(34)20-8-10-21-22(16-20)29-30(28-21)23-15-17(12-13-31)14-19(25(23)33)9-11-24(32)18-6-4-3-5-7-18/h3-11,14-16,31,33H,2,12-13H2,1H3,(H,27,34). The molecule has 1 aromatic heterocycles. The van der Waals surface area contributed by atoms with E-state index in [4.69, 9.17) is 0 Å². The second-order valence-corrected chi connectivity index (χ2v) is 7.64. The number of aromatic nitrogens is 3.